The topological polar surface area (TPSA) is 267 Å². The minimum atomic E-state index is -0.0342. The first-order valence-corrected chi connectivity index (χ1v) is 49.8. The van der Waals surface area contributed by atoms with Crippen molar-refractivity contribution in [3.63, 3.8) is 0 Å². The van der Waals surface area contributed by atoms with E-state index in [1.807, 2.05) is 61.1 Å². The van der Waals surface area contributed by atoms with Crippen LogP contribution in [0.3, 0.4) is 0 Å². The van der Waals surface area contributed by atoms with Crippen LogP contribution in [-0.2, 0) is 53.2 Å². The zero-order valence-corrected chi connectivity index (χ0v) is 81.1. The highest BCUT2D eigenvalue weighted by atomic mass is 79.9. The average molecular weight is 1970 g/mol. The van der Waals surface area contributed by atoms with E-state index < -0.39 is 0 Å². The number of fused-ring (bicyclic) bond motifs is 14. The van der Waals surface area contributed by atoms with Crippen molar-refractivity contribution in [2.24, 2.45) is 31.8 Å². The number of nitrogens with zero attached hydrogens (tertiary/aromatic N) is 20. The number of amides is 4. The van der Waals surface area contributed by atoms with Crippen molar-refractivity contribution in [3.8, 4) is 0 Å². The molecule has 0 bridgehead atoms. The fourth-order valence-corrected chi connectivity index (χ4v) is 21.7. The van der Waals surface area contributed by atoms with Gasteiger partial charge in [-0.1, -0.05) is 127 Å². The molecule has 4 aromatic heterocycles. The number of guanidine groups is 4. The predicted molar refractivity (Wildman–Crippen MR) is 517 cm³/mol. The van der Waals surface area contributed by atoms with E-state index in [2.05, 4.69) is 188 Å². The summed E-state index contributed by atoms with van der Waals surface area (Å²) in [6.45, 7) is 30.4. The fourth-order valence-electron chi connectivity index (χ4n) is 20.3. The van der Waals surface area contributed by atoms with E-state index >= 15 is 0 Å². The highest BCUT2D eigenvalue weighted by Gasteiger charge is 2.51. The van der Waals surface area contributed by atoms with Gasteiger partial charge in [-0.15, -0.1) is 0 Å². The minimum absolute atomic E-state index is 0.0105. The van der Waals surface area contributed by atoms with Crippen LogP contribution in [0.1, 0.15) is 229 Å². The molecule has 2 N–H and O–H groups in total. The van der Waals surface area contributed by atoms with E-state index in [4.69, 9.17) is 50.7 Å². The van der Waals surface area contributed by atoms with Crippen LogP contribution in [-0.4, -0.2) is 235 Å². The van der Waals surface area contributed by atoms with E-state index in [0.717, 1.165) is 273 Å². The lowest BCUT2D eigenvalue weighted by Gasteiger charge is -2.38. The highest BCUT2D eigenvalue weighted by Crippen LogP contribution is 2.45. The third-order valence-electron chi connectivity index (χ3n) is 27.6. The summed E-state index contributed by atoms with van der Waals surface area (Å²) in [5.74, 6) is 10.6. The monoisotopic (exact) mass is 1960 g/mol. The van der Waals surface area contributed by atoms with Gasteiger partial charge >= 0.3 is 0 Å². The van der Waals surface area contributed by atoms with Crippen LogP contribution in [0.4, 0.5) is 35.2 Å². The molecule has 33 heteroatoms. The first-order valence-electron chi connectivity index (χ1n) is 47.0. The molecule has 4 aromatic carbocycles. The van der Waals surface area contributed by atoms with Crippen molar-refractivity contribution in [1.82, 2.24) is 57.8 Å². The smallest absolute Gasteiger partial charge is 0.281 e. The lowest BCUT2D eigenvalue weighted by molar-refractivity contribution is 0.0656. The Balaban J connectivity index is 0.000000116. The maximum Gasteiger partial charge on any atom is 0.281 e. The fraction of sp³-hybridized carbons (Fsp3) is 0.542. The largest absolute Gasteiger partial charge is 0.381 e. The first-order chi connectivity index (χ1) is 62.7. The van der Waals surface area contributed by atoms with Gasteiger partial charge in [0.1, 0.15) is 11.6 Å². The SMILES string of the molecule is CCN1C(=O)c2c(nc(CC3CCOCC3)n2Cc2ccc(C)c(Br)c2)N2CCCN=C12.CCN1C(=O)c2c(nc(CC3CCOCC3)n2Cc2ccc(C)c(Cl)c2)N2CCCN=C12.CCN1C(=O)c2c(nc(NC3CCCCC3)n2Cc2ccc(C)c(Br)c2)N2C1=N[C@@H]1CCC[C@@H]12.CCN1C(=O)c2c(nc(NC3CCOCC3)n2Cc2ccc(C)c(Br)c2)N2CCN=C12. The van der Waals surface area contributed by atoms with Gasteiger partial charge in [-0.3, -0.25) is 82.5 Å². The lowest BCUT2D eigenvalue weighted by atomic mass is 9.96. The van der Waals surface area contributed by atoms with Gasteiger partial charge < -0.3 is 34.0 Å². The van der Waals surface area contributed by atoms with Crippen LogP contribution in [0.5, 0.6) is 0 Å². The molecule has 2 aliphatic carbocycles. The molecule has 3 saturated heterocycles. The molecular formula is C96H120Br3ClN22O7. The van der Waals surface area contributed by atoms with Gasteiger partial charge in [0.2, 0.25) is 35.7 Å². The summed E-state index contributed by atoms with van der Waals surface area (Å²) >= 11 is 17.4. The zero-order chi connectivity index (χ0) is 89.4. The number of carbonyl (C=O) groups excluding carboxylic acids is 4. The molecule has 13 aliphatic rings. The number of imidazole rings is 4. The van der Waals surface area contributed by atoms with E-state index in [0.29, 0.717) is 111 Å². The number of hydrogen-bond donors (Lipinski definition) is 2. The van der Waals surface area contributed by atoms with Gasteiger partial charge in [-0.2, -0.15) is 9.97 Å². The van der Waals surface area contributed by atoms with Crippen LogP contribution in [0, 0.1) is 39.5 Å². The first kappa shape index (κ1) is 90.2. The number of carbonyl (C=O) groups is 4. The molecule has 129 heavy (non-hydrogen) atoms. The molecule has 8 aromatic rings. The van der Waals surface area contributed by atoms with Crippen LogP contribution in [0.2, 0.25) is 5.02 Å². The Kier molecular flexibility index (Phi) is 27.7. The van der Waals surface area contributed by atoms with Crippen LogP contribution < -0.4 is 30.2 Å². The van der Waals surface area contributed by atoms with Gasteiger partial charge in [0.15, 0.2) is 46.0 Å². The van der Waals surface area contributed by atoms with Crippen molar-refractivity contribution in [2.75, 3.05) is 135 Å². The molecule has 29 nitrogen and oxygen atoms in total. The third kappa shape index (κ3) is 18.4. The van der Waals surface area contributed by atoms with Crippen molar-refractivity contribution in [1.29, 1.82) is 0 Å². The predicted octanol–water partition coefficient (Wildman–Crippen LogP) is 16.5. The Morgan fingerprint density at radius 1 is 0.395 bits per heavy atom. The highest BCUT2D eigenvalue weighted by molar-refractivity contribution is 9.11. The molecule has 21 rings (SSSR count). The molecule has 4 amide bonds. The molecule has 5 fully saturated rings. The van der Waals surface area contributed by atoms with Gasteiger partial charge in [-0.05, 0) is 219 Å². The molecule has 684 valence electrons. The second kappa shape index (κ2) is 39.6. The van der Waals surface area contributed by atoms with Gasteiger partial charge in [0.25, 0.3) is 23.6 Å². The molecule has 0 spiro atoms. The number of aryl methyl sites for hydroxylation is 4. The second-order valence-corrected chi connectivity index (χ2v) is 39.1. The Morgan fingerprint density at radius 3 is 1.22 bits per heavy atom. The van der Waals surface area contributed by atoms with E-state index in [-0.39, 0.29) is 35.7 Å². The molecule has 0 unspecified atom stereocenters. The summed E-state index contributed by atoms with van der Waals surface area (Å²) < 4.78 is 28.3. The zero-order valence-electron chi connectivity index (χ0n) is 75.6. The standard InChI is InChI=1S/C26H33BrN6O.C24H30BrN5O2.C24H30ClN5O2.C22H27BrN6O2/c1-3-31-24(34)22-23(33-21-11-7-10-20(21)29-26(31)33)30-25(28-18-8-5-4-6-9-18)32(22)15-17-13-12-16(2)19(27)14-17;2*1-3-28-23(31)21-22(29-10-4-9-26-24(28)29)27-20(14-17-7-11-32-12-8-17)30(21)15-18-6-5-16(2)19(25)13-18;1-3-27-20(30)18-19(28-9-8-24-22(27)28)26-21(25-16-6-10-31-11-7-16)29(18)13-15-5-4-14(2)17(23)12-15/h12-14,18,20-21H,3-11,15H2,1-2H3,(H,28,30);2*5-6,13,17H,3-4,7-12,14-15H2,1-2H3;4-5,12,16H,3,6-11,13H2,1-2H3,(H,25,26)/t20-,21+;;;/m1.../s1. The Hall–Kier alpha value is -9.31. The number of ether oxygens (including phenoxy) is 3. The van der Waals surface area contributed by atoms with Crippen molar-refractivity contribution in [3.05, 3.63) is 170 Å². The molecule has 11 aliphatic heterocycles. The quantitative estimate of drug-likeness (QED) is 0.0718. The summed E-state index contributed by atoms with van der Waals surface area (Å²) in [7, 11) is 0. The summed E-state index contributed by atoms with van der Waals surface area (Å²) in [6, 6.07) is 26.6. The minimum Gasteiger partial charge on any atom is -0.381 e. The Labute approximate surface area is 786 Å². The molecular weight excluding hydrogens is 1850 g/mol. The van der Waals surface area contributed by atoms with E-state index in [1.165, 1.54) is 42.4 Å². The summed E-state index contributed by atoms with van der Waals surface area (Å²) in [5, 5.41) is 8.10. The number of hydrogen-bond acceptors (Lipinski definition) is 21. The van der Waals surface area contributed by atoms with Crippen molar-refractivity contribution < 1.29 is 33.4 Å². The van der Waals surface area contributed by atoms with E-state index in [1.54, 1.807) is 9.80 Å². The molecule has 2 saturated carbocycles. The lowest BCUT2D eigenvalue weighted by Crippen LogP contribution is -2.54. The number of anilines is 6. The van der Waals surface area contributed by atoms with Gasteiger partial charge in [0.05, 0.1) is 31.7 Å². The summed E-state index contributed by atoms with van der Waals surface area (Å²) in [5.41, 5.74) is 11.8. The summed E-state index contributed by atoms with van der Waals surface area (Å²) in [6.07, 6.45) is 19.1. The van der Waals surface area contributed by atoms with Crippen LogP contribution in [0.15, 0.2) is 106 Å². The average Bonchev–Trinajstić information content (AvgIpc) is 1.89. The third-order valence-corrected chi connectivity index (χ3v) is 30.5. The Morgan fingerprint density at radius 2 is 0.775 bits per heavy atom. The van der Waals surface area contributed by atoms with Crippen LogP contribution in [0.25, 0.3) is 0 Å². The molecule has 15 heterocycles. The maximum absolute atomic E-state index is 13.9. The molecule has 2 atom stereocenters. The van der Waals surface area contributed by atoms with Crippen molar-refractivity contribution >= 4 is 142 Å². The van der Waals surface area contributed by atoms with E-state index in [9.17, 15) is 19.2 Å². The maximum atomic E-state index is 13.9. The van der Waals surface area contributed by atoms with Gasteiger partial charge in [0, 0.05) is 155 Å². The number of rotatable bonds is 20. The van der Waals surface area contributed by atoms with Crippen molar-refractivity contribution in [2.45, 2.75) is 221 Å². The Bertz CT molecular complexity index is 5500. The summed E-state index contributed by atoms with van der Waals surface area (Å²) in [4.78, 5) is 110. The number of aliphatic imine (C=N–C) groups is 4. The normalized spacial score (nSPS) is 20.4. The van der Waals surface area contributed by atoms with Crippen LogP contribution >= 0.6 is 59.4 Å². The number of halogens is 4. The number of nitrogens with one attached hydrogen (secondary N) is 2. The second-order valence-electron chi connectivity index (χ2n) is 36.1. The number of benzene rings is 4. The number of aromatic nitrogens is 8. The van der Waals surface area contributed by atoms with Gasteiger partial charge in [-0.25, -0.2) is 15.0 Å². The molecule has 0 radical (unpaired) electrons.